The number of rotatable bonds is 6. The average molecular weight is 302 g/mol. The van der Waals surface area contributed by atoms with Crippen molar-refractivity contribution in [2.45, 2.75) is 52.0 Å². The quantitative estimate of drug-likeness (QED) is 0.878. The van der Waals surface area contributed by atoms with Crippen molar-refractivity contribution < 1.29 is 9.59 Å². The minimum Gasteiger partial charge on any atom is -0.357 e. The van der Waals surface area contributed by atoms with Crippen molar-refractivity contribution in [3.63, 3.8) is 0 Å². The van der Waals surface area contributed by atoms with Gasteiger partial charge in [-0.1, -0.05) is 44.9 Å². The summed E-state index contributed by atoms with van der Waals surface area (Å²) in [6, 6.07) is 7.44. The Bertz CT molecular complexity index is 536. The van der Waals surface area contributed by atoms with Gasteiger partial charge in [0, 0.05) is 25.1 Å². The molecular weight excluding hydrogens is 276 g/mol. The molecule has 1 aliphatic heterocycles. The predicted octanol–water partition coefficient (Wildman–Crippen LogP) is 2.91. The molecule has 0 radical (unpaired) electrons. The van der Waals surface area contributed by atoms with Gasteiger partial charge in [0.25, 0.3) is 0 Å². The summed E-state index contributed by atoms with van der Waals surface area (Å²) < 4.78 is 0. The molecule has 1 aromatic rings. The molecule has 2 amide bonds. The monoisotopic (exact) mass is 302 g/mol. The van der Waals surface area contributed by atoms with E-state index in [9.17, 15) is 9.59 Å². The largest absolute Gasteiger partial charge is 0.357 e. The van der Waals surface area contributed by atoms with Crippen molar-refractivity contribution in [1.29, 1.82) is 0 Å². The standard InChI is InChI=1S/C18H26N2O2/c1-4-8-13(9-5-2)18(22)20-15-11-7-6-10-14(15)12-16(20)17(21)19-3/h6-7,10-11,13,16H,4-5,8-9,12H2,1-3H3,(H,19,21). The van der Waals surface area contributed by atoms with Crippen LogP contribution in [0.2, 0.25) is 0 Å². The maximum absolute atomic E-state index is 13.1. The minimum absolute atomic E-state index is 0.00770. The fraction of sp³-hybridized carbons (Fsp3) is 0.556. The number of carbonyl (C=O) groups is 2. The van der Waals surface area contributed by atoms with Gasteiger partial charge in [-0.05, 0) is 24.5 Å². The maximum atomic E-state index is 13.1. The first-order valence-electron chi connectivity index (χ1n) is 8.26. The van der Waals surface area contributed by atoms with Crippen LogP contribution in [-0.2, 0) is 16.0 Å². The summed E-state index contributed by atoms with van der Waals surface area (Å²) >= 11 is 0. The first-order valence-corrected chi connectivity index (χ1v) is 8.26. The highest BCUT2D eigenvalue weighted by atomic mass is 16.2. The summed E-state index contributed by atoms with van der Waals surface area (Å²) in [5.41, 5.74) is 1.98. The number of nitrogens with one attached hydrogen (secondary N) is 1. The summed E-state index contributed by atoms with van der Waals surface area (Å²) in [6.07, 6.45) is 4.33. The Hall–Kier alpha value is -1.84. The van der Waals surface area contributed by atoms with Crippen LogP contribution in [0.3, 0.4) is 0 Å². The zero-order chi connectivity index (χ0) is 16.1. The van der Waals surface area contributed by atoms with Gasteiger partial charge in [0.05, 0.1) is 0 Å². The number of anilines is 1. The number of likely N-dealkylation sites (N-methyl/N-ethyl adjacent to an activating group) is 1. The van der Waals surface area contributed by atoms with E-state index in [4.69, 9.17) is 0 Å². The van der Waals surface area contributed by atoms with Crippen molar-refractivity contribution >= 4 is 17.5 Å². The lowest BCUT2D eigenvalue weighted by molar-refractivity contribution is -0.128. The lowest BCUT2D eigenvalue weighted by Gasteiger charge is -2.28. The van der Waals surface area contributed by atoms with Crippen molar-refractivity contribution in [3.8, 4) is 0 Å². The lowest BCUT2D eigenvalue weighted by atomic mass is 9.96. The van der Waals surface area contributed by atoms with Gasteiger partial charge < -0.3 is 5.32 Å². The second-order valence-electron chi connectivity index (χ2n) is 5.95. The van der Waals surface area contributed by atoms with Crippen LogP contribution in [0, 0.1) is 5.92 Å². The molecule has 120 valence electrons. The van der Waals surface area contributed by atoms with Crippen LogP contribution in [0.1, 0.15) is 45.1 Å². The highest BCUT2D eigenvalue weighted by Crippen LogP contribution is 2.34. The normalized spacial score (nSPS) is 16.7. The van der Waals surface area contributed by atoms with Gasteiger partial charge in [0.15, 0.2) is 0 Å². The van der Waals surface area contributed by atoms with Gasteiger partial charge in [-0.2, -0.15) is 0 Å². The summed E-state index contributed by atoms with van der Waals surface area (Å²) in [5, 5.41) is 2.70. The predicted molar refractivity (Wildman–Crippen MR) is 88.8 cm³/mol. The van der Waals surface area contributed by atoms with Crippen LogP contribution >= 0.6 is 0 Å². The molecular formula is C18H26N2O2. The number of hydrogen-bond donors (Lipinski definition) is 1. The number of hydrogen-bond acceptors (Lipinski definition) is 2. The zero-order valence-corrected chi connectivity index (χ0v) is 13.8. The summed E-state index contributed by atoms with van der Waals surface area (Å²) in [4.78, 5) is 27.0. The summed E-state index contributed by atoms with van der Waals surface area (Å²) in [7, 11) is 1.63. The number of benzene rings is 1. The number of fused-ring (bicyclic) bond motifs is 1. The fourth-order valence-corrected chi connectivity index (χ4v) is 3.32. The first kappa shape index (κ1) is 16.5. The Labute approximate surface area is 132 Å². The second-order valence-corrected chi connectivity index (χ2v) is 5.95. The third-order valence-corrected chi connectivity index (χ3v) is 4.39. The van der Waals surface area contributed by atoms with Crippen molar-refractivity contribution in [1.82, 2.24) is 5.32 Å². The Morgan fingerprint density at radius 2 is 1.86 bits per heavy atom. The second kappa shape index (κ2) is 7.43. The van der Waals surface area contributed by atoms with Crippen LogP contribution in [0.5, 0.6) is 0 Å². The van der Waals surface area contributed by atoms with Gasteiger partial charge >= 0.3 is 0 Å². The minimum atomic E-state index is -0.411. The Balaban J connectivity index is 2.34. The average Bonchev–Trinajstić information content (AvgIpc) is 2.92. The van der Waals surface area contributed by atoms with E-state index >= 15 is 0 Å². The van der Waals surface area contributed by atoms with Crippen LogP contribution < -0.4 is 10.2 Å². The molecule has 1 N–H and O–H groups in total. The van der Waals surface area contributed by atoms with E-state index in [0.717, 1.165) is 36.9 Å². The van der Waals surface area contributed by atoms with E-state index in [1.54, 1.807) is 11.9 Å². The Morgan fingerprint density at radius 3 is 2.45 bits per heavy atom. The van der Waals surface area contributed by atoms with Crippen LogP contribution in [0.25, 0.3) is 0 Å². The molecule has 0 saturated carbocycles. The molecule has 0 saturated heterocycles. The first-order chi connectivity index (χ1) is 10.6. The third kappa shape index (κ3) is 3.16. The van der Waals surface area contributed by atoms with Gasteiger partial charge in [-0.15, -0.1) is 0 Å². The molecule has 1 aliphatic rings. The molecule has 1 unspecified atom stereocenters. The molecule has 2 rings (SSSR count). The van der Waals surface area contributed by atoms with Crippen molar-refractivity contribution in [2.24, 2.45) is 5.92 Å². The molecule has 22 heavy (non-hydrogen) atoms. The lowest BCUT2D eigenvalue weighted by Crippen LogP contribution is -2.49. The van der Waals surface area contributed by atoms with E-state index in [1.165, 1.54) is 0 Å². The number of para-hydroxylation sites is 1. The van der Waals surface area contributed by atoms with Gasteiger partial charge in [-0.25, -0.2) is 0 Å². The molecule has 0 bridgehead atoms. The highest BCUT2D eigenvalue weighted by Gasteiger charge is 2.39. The molecule has 1 atom stereocenters. The SMILES string of the molecule is CCCC(CCC)C(=O)N1c2ccccc2CC1C(=O)NC. The third-order valence-electron chi connectivity index (χ3n) is 4.39. The molecule has 0 aromatic heterocycles. The summed E-state index contributed by atoms with van der Waals surface area (Å²) in [6.45, 7) is 4.20. The van der Waals surface area contributed by atoms with Crippen LogP contribution in [0.4, 0.5) is 5.69 Å². The molecule has 4 nitrogen and oxygen atoms in total. The zero-order valence-electron chi connectivity index (χ0n) is 13.8. The number of nitrogens with zero attached hydrogens (tertiary/aromatic N) is 1. The van der Waals surface area contributed by atoms with Crippen molar-refractivity contribution in [2.75, 3.05) is 11.9 Å². The maximum Gasteiger partial charge on any atom is 0.243 e. The summed E-state index contributed by atoms with van der Waals surface area (Å²) in [5.74, 6) is 0.0202. The van der Waals surface area contributed by atoms with Crippen molar-refractivity contribution in [3.05, 3.63) is 29.8 Å². The topological polar surface area (TPSA) is 49.4 Å². The van der Waals surface area contributed by atoms with Crippen LogP contribution in [-0.4, -0.2) is 24.9 Å². The number of carbonyl (C=O) groups excluding carboxylic acids is 2. The van der Waals surface area contributed by atoms with Gasteiger partial charge in [0.2, 0.25) is 11.8 Å². The van der Waals surface area contributed by atoms with E-state index < -0.39 is 6.04 Å². The fourth-order valence-electron chi connectivity index (χ4n) is 3.32. The number of amides is 2. The molecule has 0 fully saturated rings. The Kier molecular flexibility index (Phi) is 5.58. The van der Waals surface area contributed by atoms with E-state index in [-0.39, 0.29) is 17.7 Å². The molecule has 4 heteroatoms. The highest BCUT2D eigenvalue weighted by molar-refractivity contribution is 6.04. The van der Waals surface area contributed by atoms with Gasteiger partial charge in [-0.3, -0.25) is 14.5 Å². The molecule has 1 aromatic carbocycles. The molecule has 0 aliphatic carbocycles. The smallest absolute Gasteiger partial charge is 0.243 e. The molecule has 0 spiro atoms. The van der Waals surface area contributed by atoms with Gasteiger partial charge in [0.1, 0.15) is 6.04 Å². The van der Waals surface area contributed by atoms with Crippen LogP contribution in [0.15, 0.2) is 24.3 Å². The van der Waals surface area contributed by atoms with E-state index in [1.807, 2.05) is 24.3 Å². The van der Waals surface area contributed by atoms with E-state index in [2.05, 4.69) is 19.2 Å². The molecule has 1 heterocycles. The van der Waals surface area contributed by atoms with E-state index in [0.29, 0.717) is 6.42 Å². The Morgan fingerprint density at radius 1 is 1.23 bits per heavy atom.